The molecule has 0 saturated heterocycles. The van der Waals surface area contributed by atoms with E-state index >= 15 is 0 Å². The fourth-order valence-electron chi connectivity index (χ4n) is 4.33. The molecule has 2 aliphatic rings. The summed E-state index contributed by atoms with van der Waals surface area (Å²) in [6.45, 7) is 0.737. The molecule has 0 N–H and O–H groups in total. The molecule has 1 saturated carbocycles. The summed E-state index contributed by atoms with van der Waals surface area (Å²) in [4.78, 5) is 10.6. The first kappa shape index (κ1) is 17.3. The molecule has 1 unspecified atom stereocenters. The zero-order valence-corrected chi connectivity index (χ0v) is 16.1. The average molecular weight is 372 g/mol. The van der Waals surface area contributed by atoms with Crippen LogP contribution in [-0.4, -0.2) is 23.3 Å². The smallest absolute Gasteiger partial charge is 0.119 e. The summed E-state index contributed by atoms with van der Waals surface area (Å²) in [5, 5.41) is 4.38. The molecule has 0 amide bonds. The maximum Gasteiger partial charge on any atom is 0.119 e. The van der Waals surface area contributed by atoms with Crippen LogP contribution < -0.4 is 4.74 Å². The van der Waals surface area contributed by atoms with Gasteiger partial charge < -0.3 is 4.74 Å². The molecule has 5 rings (SSSR count). The number of benzene rings is 2. The Hall–Kier alpha value is -2.85. The van der Waals surface area contributed by atoms with Gasteiger partial charge in [-0.1, -0.05) is 30.7 Å². The van der Waals surface area contributed by atoms with Gasteiger partial charge >= 0.3 is 0 Å². The lowest BCUT2D eigenvalue weighted by molar-refractivity contribution is -0.141. The Balaban J connectivity index is 1.51. The van der Waals surface area contributed by atoms with E-state index in [4.69, 9.17) is 9.57 Å². The number of fused-ring (bicyclic) bond motifs is 2. The standard InChI is InChI=1S/C24H24N2O2/c1-27-20-7-4-6-17(13-20)21-10-9-18(23-14-25-12-11-22(21)23)15-26-16-19-5-2-3-8-24(19)28-26/h4,6-7,9-14,16,24H,2-3,5,8,15H2,1H3. The lowest BCUT2D eigenvalue weighted by atomic mass is 9.93. The van der Waals surface area contributed by atoms with Crippen LogP contribution in [0.4, 0.5) is 0 Å². The van der Waals surface area contributed by atoms with Crippen molar-refractivity contribution in [1.29, 1.82) is 0 Å². The number of hydrogen-bond acceptors (Lipinski definition) is 4. The first-order chi connectivity index (χ1) is 13.8. The SMILES string of the molecule is COc1cccc(-c2ccc(CN3C=C4CCCCC4O3)c3cnccc23)c1. The van der Waals surface area contributed by atoms with E-state index in [9.17, 15) is 0 Å². The minimum absolute atomic E-state index is 0.286. The van der Waals surface area contributed by atoms with E-state index in [0.717, 1.165) is 30.7 Å². The van der Waals surface area contributed by atoms with E-state index in [2.05, 4.69) is 41.5 Å². The summed E-state index contributed by atoms with van der Waals surface area (Å²) in [5.74, 6) is 0.864. The van der Waals surface area contributed by atoms with Crippen LogP contribution in [0, 0.1) is 0 Å². The molecule has 2 aromatic carbocycles. The molecule has 0 bridgehead atoms. The van der Waals surface area contributed by atoms with Crippen LogP contribution >= 0.6 is 0 Å². The van der Waals surface area contributed by atoms with Crippen molar-refractivity contribution >= 4 is 10.8 Å². The van der Waals surface area contributed by atoms with Gasteiger partial charge in [0.25, 0.3) is 0 Å². The second kappa shape index (κ2) is 7.28. The Morgan fingerprint density at radius 1 is 1.14 bits per heavy atom. The van der Waals surface area contributed by atoms with Gasteiger partial charge in [0.15, 0.2) is 0 Å². The molecule has 1 aliphatic heterocycles. The van der Waals surface area contributed by atoms with Crippen LogP contribution in [0.5, 0.6) is 5.75 Å². The van der Waals surface area contributed by atoms with Gasteiger partial charge in [-0.15, -0.1) is 0 Å². The van der Waals surface area contributed by atoms with E-state index in [1.54, 1.807) is 7.11 Å². The summed E-state index contributed by atoms with van der Waals surface area (Å²) in [6.07, 6.45) is 11.2. The number of hydroxylamine groups is 2. The number of hydrogen-bond donors (Lipinski definition) is 0. The Morgan fingerprint density at radius 3 is 3.00 bits per heavy atom. The van der Waals surface area contributed by atoms with Gasteiger partial charge in [0.2, 0.25) is 0 Å². The molecule has 1 aliphatic carbocycles. The van der Waals surface area contributed by atoms with E-state index in [1.165, 1.54) is 40.3 Å². The van der Waals surface area contributed by atoms with E-state index in [1.807, 2.05) is 29.6 Å². The summed E-state index contributed by atoms with van der Waals surface area (Å²) < 4.78 is 5.41. The molecule has 0 spiro atoms. The molecule has 4 nitrogen and oxygen atoms in total. The summed E-state index contributed by atoms with van der Waals surface area (Å²) in [6, 6.07) is 14.7. The van der Waals surface area contributed by atoms with Crippen LogP contribution in [0.25, 0.3) is 21.9 Å². The molecule has 142 valence electrons. The third-order valence-corrected chi connectivity index (χ3v) is 5.78. The van der Waals surface area contributed by atoms with E-state index < -0.39 is 0 Å². The fourth-order valence-corrected chi connectivity index (χ4v) is 4.33. The number of rotatable bonds is 4. The van der Waals surface area contributed by atoms with Crippen LogP contribution in [-0.2, 0) is 11.4 Å². The van der Waals surface area contributed by atoms with Gasteiger partial charge in [0.05, 0.1) is 13.7 Å². The molecule has 1 atom stereocenters. The molecule has 1 aromatic heterocycles. The molecular formula is C24H24N2O2. The Morgan fingerprint density at radius 2 is 2.11 bits per heavy atom. The zero-order chi connectivity index (χ0) is 18.9. The molecule has 3 aromatic rings. The van der Waals surface area contributed by atoms with Crippen molar-refractivity contribution in [1.82, 2.24) is 10.0 Å². The third kappa shape index (κ3) is 3.14. The predicted octanol–water partition coefficient (Wildman–Crippen LogP) is 5.48. The van der Waals surface area contributed by atoms with E-state index in [-0.39, 0.29) is 6.10 Å². The van der Waals surface area contributed by atoms with E-state index in [0.29, 0.717) is 0 Å². The van der Waals surface area contributed by atoms with Crippen molar-refractivity contribution in [3.63, 3.8) is 0 Å². The summed E-state index contributed by atoms with van der Waals surface area (Å²) in [5.41, 5.74) is 5.01. The minimum Gasteiger partial charge on any atom is -0.497 e. The average Bonchev–Trinajstić information content (AvgIpc) is 3.16. The number of pyridine rings is 1. The molecule has 28 heavy (non-hydrogen) atoms. The van der Waals surface area contributed by atoms with Crippen molar-refractivity contribution in [3.05, 3.63) is 72.2 Å². The lowest BCUT2D eigenvalue weighted by Crippen LogP contribution is -2.20. The van der Waals surface area contributed by atoms with Gasteiger partial charge in [-0.25, -0.2) is 0 Å². The van der Waals surface area contributed by atoms with Crippen LogP contribution in [0.2, 0.25) is 0 Å². The first-order valence-corrected chi connectivity index (χ1v) is 9.96. The van der Waals surface area contributed by atoms with Crippen LogP contribution in [0.1, 0.15) is 31.2 Å². The zero-order valence-electron chi connectivity index (χ0n) is 16.1. The molecule has 2 heterocycles. The highest BCUT2D eigenvalue weighted by atomic mass is 16.7. The molecule has 0 radical (unpaired) electrons. The van der Waals surface area contributed by atoms with Crippen molar-refractivity contribution in [2.45, 2.75) is 38.3 Å². The maximum atomic E-state index is 6.17. The number of methoxy groups -OCH3 is 1. The Labute approximate surface area is 165 Å². The largest absolute Gasteiger partial charge is 0.497 e. The van der Waals surface area contributed by atoms with Crippen molar-refractivity contribution in [2.75, 3.05) is 7.11 Å². The second-order valence-corrected chi connectivity index (χ2v) is 7.54. The fraction of sp³-hybridized carbons (Fsp3) is 0.292. The van der Waals surface area contributed by atoms with Crippen LogP contribution in [0.3, 0.4) is 0 Å². The highest BCUT2D eigenvalue weighted by molar-refractivity contribution is 5.98. The number of aromatic nitrogens is 1. The summed E-state index contributed by atoms with van der Waals surface area (Å²) >= 11 is 0. The molecular weight excluding hydrogens is 348 g/mol. The minimum atomic E-state index is 0.286. The normalized spacial score (nSPS) is 18.8. The van der Waals surface area contributed by atoms with Crippen LogP contribution in [0.15, 0.2) is 66.6 Å². The lowest BCUT2D eigenvalue weighted by Gasteiger charge is -2.22. The molecule has 4 heteroatoms. The Kier molecular flexibility index (Phi) is 4.49. The Bertz CT molecular complexity index is 1040. The quantitative estimate of drug-likeness (QED) is 0.607. The van der Waals surface area contributed by atoms with Gasteiger partial charge in [-0.05, 0) is 65.1 Å². The monoisotopic (exact) mass is 372 g/mol. The molecule has 1 fully saturated rings. The number of ether oxygens (including phenoxy) is 1. The number of nitrogens with zero attached hydrogens (tertiary/aromatic N) is 2. The van der Waals surface area contributed by atoms with Gasteiger partial charge in [0.1, 0.15) is 11.9 Å². The summed E-state index contributed by atoms with van der Waals surface area (Å²) in [7, 11) is 1.70. The maximum absolute atomic E-state index is 6.17. The van der Waals surface area contributed by atoms with Gasteiger partial charge in [-0.3, -0.25) is 14.9 Å². The third-order valence-electron chi connectivity index (χ3n) is 5.78. The highest BCUT2D eigenvalue weighted by Gasteiger charge is 2.28. The topological polar surface area (TPSA) is 34.6 Å². The first-order valence-electron chi connectivity index (χ1n) is 9.96. The highest BCUT2D eigenvalue weighted by Crippen LogP contribution is 2.35. The van der Waals surface area contributed by atoms with Crippen molar-refractivity contribution < 1.29 is 9.57 Å². The van der Waals surface area contributed by atoms with Crippen molar-refractivity contribution in [2.24, 2.45) is 0 Å². The predicted molar refractivity (Wildman–Crippen MR) is 111 cm³/mol. The second-order valence-electron chi connectivity index (χ2n) is 7.54. The van der Waals surface area contributed by atoms with Gasteiger partial charge in [0, 0.05) is 24.0 Å². The van der Waals surface area contributed by atoms with Crippen molar-refractivity contribution in [3.8, 4) is 16.9 Å². The van der Waals surface area contributed by atoms with Gasteiger partial charge in [-0.2, -0.15) is 0 Å².